The lowest BCUT2D eigenvalue weighted by Crippen LogP contribution is -2.04. The van der Waals surface area contributed by atoms with Crippen LogP contribution in [0, 0.1) is 16.6 Å². The van der Waals surface area contributed by atoms with E-state index in [1.165, 1.54) is 12.1 Å². The Kier molecular flexibility index (Phi) is 10.9. The first-order valence-corrected chi connectivity index (χ1v) is 8.39. The quantitative estimate of drug-likeness (QED) is 0.419. The number of nitrogens with two attached hydrogens (primary N) is 1. The molecule has 0 spiro atoms. The Bertz CT molecular complexity index is 744. The van der Waals surface area contributed by atoms with Gasteiger partial charge in [-0.3, -0.25) is 0 Å². The average molecular weight is 353 g/mol. The number of hydrogen-bond acceptors (Lipinski definition) is 3. The van der Waals surface area contributed by atoms with Crippen molar-refractivity contribution in [3.05, 3.63) is 88.9 Å². The molecule has 0 saturated carbocycles. The smallest absolute Gasteiger partial charge is 0.123 e. The molecule has 0 saturated heterocycles. The zero-order valence-electron chi connectivity index (χ0n) is 15.9. The summed E-state index contributed by atoms with van der Waals surface area (Å²) in [4.78, 5) is 0. The van der Waals surface area contributed by atoms with E-state index in [4.69, 9.17) is 16.6 Å². The monoisotopic (exact) mass is 353 g/mol. The zero-order chi connectivity index (χ0) is 20.1. The van der Waals surface area contributed by atoms with Gasteiger partial charge in [0.2, 0.25) is 0 Å². The molecule has 0 heterocycles. The van der Waals surface area contributed by atoms with Crippen LogP contribution in [0.25, 0.3) is 5.57 Å². The molecule has 4 N–H and O–H groups in total. The van der Waals surface area contributed by atoms with Gasteiger partial charge < -0.3 is 16.6 Å². The molecule has 0 aliphatic rings. The zero-order valence-corrected chi connectivity index (χ0v) is 15.9. The Balaban J connectivity index is 0.00000301. The summed E-state index contributed by atoms with van der Waals surface area (Å²) in [5, 5.41) is 15.2. The molecule has 0 unspecified atom stereocenters. The van der Waals surface area contributed by atoms with E-state index in [1.807, 2.05) is 39.8 Å². The molecule has 0 aliphatic heterocycles. The molecule has 0 amide bonds. The molecule has 0 aliphatic carbocycles. The van der Waals surface area contributed by atoms with Gasteiger partial charge in [0.05, 0.1) is 0 Å². The molecule has 26 heavy (non-hydrogen) atoms. The topological polar surface area (TPSA) is 73.7 Å². The molecule has 0 radical (unpaired) electrons. The van der Waals surface area contributed by atoms with Crippen LogP contribution >= 0.6 is 0 Å². The van der Waals surface area contributed by atoms with E-state index in [9.17, 15) is 4.39 Å². The van der Waals surface area contributed by atoms with Gasteiger partial charge >= 0.3 is 0 Å². The maximum atomic E-state index is 13.0. The second-order valence-corrected chi connectivity index (χ2v) is 5.33. The summed E-state index contributed by atoms with van der Waals surface area (Å²) >= 11 is 0. The highest BCUT2D eigenvalue weighted by Gasteiger charge is 2.05. The van der Waals surface area contributed by atoms with Crippen molar-refractivity contribution < 1.29 is 4.39 Å². The van der Waals surface area contributed by atoms with Crippen LogP contribution < -0.4 is 5.73 Å². The first kappa shape index (κ1) is 23.0. The van der Waals surface area contributed by atoms with Gasteiger partial charge in [-0.05, 0) is 43.2 Å². The van der Waals surface area contributed by atoms with Crippen molar-refractivity contribution in [3.8, 4) is 0 Å². The highest BCUT2D eigenvalue weighted by atomic mass is 19.1. The molecule has 0 fully saturated rings. The average Bonchev–Trinajstić information content (AvgIpc) is 2.65. The molecule has 0 atom stereocenters. The minimum atomic E-state index is -0.342. The van der Waals surface area contributed by atoms with Crippen LogP contribution in [0.3, 0.4) is 0 Å². The SMILES string of the molecule is C=CC(=C\C=C(C)C)/C(C=N)=C(N)\C=C(/C=N)c1ccc(F)cc1.CC. The van der Waals surface area contributed by atoms with Gasteiger partial charge in [0, 0.05) is 29.3 Å². The number of halogens is 1. The summed E-state index contributed by atoms with van der Waals surface area (Å²) in [5.41, 5.74) is 9.98. The third-order valence-corrected chi connectivity index (χ3v) is 3.23. The summed E-state index contributed by atoms with van der Waals surface area (Å²) in [7, 11) is 0. The molecule has 3 nitrogen and oxygen atoms in total. The summed E-state index contributed by atoms with van der Waals surface area (Å²) < 4.78 is 13.0. The molecule has 1 aromatic rings. The van der Waals surface area contributed by atoms with Crippen molar-refractivity contribution >= 4 is 18.0 Å². The number of nitrogens with one attached hydrogen (secondary N) is 2. The van der Waals surface area contributed by atoms with Gasteiger partial charge in [-0.2, -0.15) is 0 Å². The van der Waals surface area contributed by atoms with E-state index in [2.05, 4.69) is 6.58 Å². The Hall–Kier alpha value is -3.01. The standard InChI is InChI=1S/C20H22FN3.C2H6/c1-4-15(6-5-14(2)3)19(13-23)20(24)11-17(12-22)16-7-9-18(21)10-8-16;1-2/h4-13,22-23H,1,24H2,2-3H3;1-2H3/b15-6+,17-11+,20-19+,22-12?,23-13?;. The van der Waals surface area contributed by atoms with Crippen LogP contribution in [0.5, 0.6) is 0 Å². The maximum Gasteiger partial charge on any atom is 0.123 e. The maximum absolute atomic E-state index is 13.0. The van der Waals surface area contributed by atoms with Crippen molar-refractivity contribution in [1.82, 2.24) is 0 Å². The first-order valence-electron chi connectivity index (χ1n) is 8.39. The third-order valence-electron chi connectivity index (χ3n) is 3.23. The fraction of sp³-hybridized carbons (Fsp3) is 0.182. The van der Waals surface area contributed by atoms with Crippen LogP contribution in [-0.4, -0.2) is 12.4 Å². The lowest BCUT2D eigenvalue weighted by Gasteiger charge is -2.08. The van der Waals surface area contributed by atoms with Crippen LogP contribution in [-0.2, 0) is 0 Å². The Morgan fingerprint density at radius 3 is 2.04 bits per heavy atom. The minimum Gasteiger partial charge on any atom is -0.398 e. The second kappa shape index (κ2) is 12.4. The van der Waals surface area contributed by atoms with Gasteiger partial charge in [-0.1, -0.05) is 56.4 Å². The van der Waals surface area contributed by atoms with E-state index in [1.54, 1.807) is 24.3 Å². The predicted molar refractivity (Wildman–Crippen MR) is 112 cm³/mol. The molecule has 138 valence electrons. The van der Waals surface area contributed by atoms with Crippen molar-refractivity contribution in [2.45, 2.75) is 27.7 Å². The van der Waals surface area contributed by atoms with Crippen molar-refractivity contribution in [2.24, 2.45) is 5.73 Å². The first-order chi connectivity index (χ1) is 12.4. The van der Waals surface area contributed by atoms with E-state index >= 15 is 0 Å². The second-order valence-electron chi connectivity index (χ2n) is 5.33. The Morgan fingerprint density at radius 1 is 1.04 bits per heavy atom. The van der Waals surface area contributed by atoms with E-state index in [0.29, 0.717) is 28.0 Å². The molecule has 1 rings (SSSR count). The minimum absolute atomic E-state index is 0.334. The van der Waals surface area contributed by atoms with E-state index < -0.39 is 0 Å². The summed E-state index contributed by atoms with van der Waals surface area (Å²) in [5.74, 6) is -0.342. The van der Waals surface area contributed by atoms with Gasteiger partial charge in [0.25, 0.3) is 0 Å². The predicted octanol–water partition coefficient (Wildman–Crippen LogP) is 5.83. The molecule has 4 heteroatoms. The van der Waals surface area contributed by atoms with Crippen molar-refractivity contribution in [1.29, 1.82) is 10.8 Å². The highest BCUT2D eigenvalue weighted by Crippen LogP contribution is 2.18. The fourth-order valence-corrected chi connectivity index (χ4v) is 1.95. The normalized spacial score (nSPS) is 12.2. The fourth-order valence-electron chi connectivity index (χ4n) is 1.95. The summed E-state index contributed by atoms with van der Waals surface area (Å²) in [6, 6.07) is 5.82. The number of benzene rings is 1. The molecular weight excluding hydrogens is 325 g/mol. The van der Waals surface area contributed by atoms with Crippen LogP contribution in [0.2, 0.25) is 0 Å². The molecule has 1 aromatic carbocycles. The summed E-state index contributed by atoms with van der Waals surface area (Å²) in [6.07, 6.45) is 9.28. The van der Waals surface area contributed by atoms with Crippen molar-refractivity contribution in [3.63, 3.8) is 0 Å². The lowest BCUT2D eigenvalue weighted by atomic mass is 10.0. The van der Waals surface area contributed by atoms with Crippen LogP contribution in [0.1, 0.15) is 33.3 Å². The molecule has 0 bridgehead atoms. The van der Waals surface area contributed by atoms with Crippen molar-refractivity contribution in [2.75, 3.05) is 0 Å². The Labute approximate surface area is 156 Å². The van der Waals surface area contributed by atoms with Crippen LogP contribution in [0.15, 0.2) is 77.6 Å². The molecule has 0 aromatic heterocycles. The third kappa shape index (κ3) is 7.26. The van der Waals surface area contributed by atoms with Gasteiger partial charge in [0.15, 0.2) is 0 Å². The largest absolute Gasteiger partial charge is 0.398 e. The lowest BCUT2D eigenvalue weighted by molar-refractivity contribution is 0.627. The number of allylic oxidation sites excluding steroid dienone is 8. The number of rotatable bonds is 7. The van der Waals surface area contributed by atoms with E-state index in [0.717, 1.165) is 18.0 Å². The number of hydrogen-bond donors (Lipinski definition) is 3. The summed E-state index contributed by atoms with van der Waals surface area (Å²) in [6.45, 7) is 11.7. The van der Waals surface area contributed by atoms with Gasteiger partial charge in [-0.15, -0.1) is 0 Å². The van der Waals surface area contributed by atoms with Gasteiger partial charge in [0.1, 0.15) is 5.82 Å². The highest BCUT2D eigenvalue weighted by molar-refractivity contribution is 6.09. The Morgan fingerprint density at radius 2 is 1.62 bits per heavy atom. The molecular formula is C22H28FN3. The van der Waals surface area contributed by atoms with E-state index in [-0.39, 0.29) is 5.82 Å². The van der Waals surface area contributed by atoms with Gasteiger partial charge in [-0.25, -0.2) is 4.39 Å². The van der Waals surface area contributed by atoms with Crippen LogP contribution in [0.4, 0.5) is 4.39 Å².